The van der Waals surface area contributed by atoms with Crippen molar-refractivity contribution in [1.29, 1.82) is 0 Å². The Kier molecular flexibility index (Phi) is 4.28. The van der Waals surface area contributed by atoms with Crippen LogP contribution < -0.4 is 0 Å². The number of hydrogen-bond donors (Lipinski definition) is 0. The predicted octanol–water partition coefficient (Wildman–Crippen LogP) is 3.53. The molecule has 0 bridgehead atoms. The van der Waals surface area contributed by atoms with E-state index < -0.39 is 11.0 Å². The molecule has 0 amide bonds. The largest absolute Gasteiger partial charge is 0.234 e. The van der Waals surface area contributed by atoms with E-state index in [0.29, 0.717) is 0 Å². The number of aryl methyl sites for hydroxylation is 1. The van der Waals surface area contributed by atoms with Crippen LogP contribution in [0.1, 0.15) is 31.9 Å². The van der Waals surface area contributed by atoms with Crippen LogP contribution in [0.15, 0.2) is 22.6 Å². The van der Waals surface area contributed by atoms with Gasteiger partial charge in [-0.2, -0.15) is 4.40 Å². The lowest BCUT2D eigenvalue weighted by Crippen LogP contribution is -2.19. The zero-order chi connectivity index (χ0) is 12.3. The molecule has 0 radical (unpaired) electrons. The zero-order valence-corrected chi connectivity index (χ0v) is 11.5. The summed E-state index contributed by atoms with van der Waals surface area (Å²) in [6, 6.07) is 5.60. The summed E-state index contributed by atoms with van der Waals surface area (Å²) in [6.45, 7) is 7.62. The van der Waals surface area contributed by atoms with E-state index in [9.17, 15) is 4.21 Å². The molecule has 1 rings (SSSR count). The molecule has 16 heavy (non-hydrogen) atoms. The van der Waals surface area contributed by atoms with E-state index in [1.807, 2.05) is 45.9 Å². The first-order valence-corrected chi connectivity index (χ1v) is 6.51. The van der Waals surface area contributed by atoms with E-state index in [2.05, 4.69) is 4.40 Å². The Labute approximate surface area is 104 Å². The van der Waals surface area contributed by atoms with E-state index in [1.165, 1.54) is 0 Å². The van der Waals surface area contributed by atoms with Gasteiger partial charge in [0.15, 0.2) is 0 Å². The number of rotatable bonds is 2. The Balaban J connectivity index is 2.85. The summed E-state index contributed by atoms with van der Waals surface area (Å²) >= 11 is 5.91. The van der Waals surface area contributed by atoms with Gasteiger partial charge in [-0.25, -0.2) is 4.21 Å². The van der Waals surface area contributed by atoms with Gasteiger partial charge in [0.05, 0.1) is 4.75 Å². The fourth-order valence-corrected chi connectivity index (χ4v) is 1.67. The third-order valence-electron chi connectivity index (χ3n) is 2.00. The minimum absolute atomic E-state index is 0.321. The van der Waals surface area contributed by atoms with Crippen molar-refractivity contribution in [3.63, 3.8) is 0 Å². The maximum absolute atomic E-state index is 11.7. The molecule has 0 aliphatic heterocycles. The van der Waals surface area contributed by atoms with Crippen molar-refractivity contribution in [2.24, 2.45) is 4.40 Å². The molecule has 0 fully saturated rings. The van der Waals surface area contributed by atoms with E-state index >= 15 is 0 Å². The molecule has 1 aromatic carbocycles. The zero-order valence-electron chi connectivity index (χ0n) is 9.95. The third kappa shape index (κ3) is 3.72. The second kappa shape index (κ2) is 5.11. The van der Waals surface area contributed by atoms with E-state index in [0.717, 1.165) is 16.1 Å². The van der Waals surface area contributed by atoms with Crippen molar-refractivity contribution in [2.75, 3.05) is 0 Å². The SMILES string of the molecule is Cc1cc(/C=N/[S@@](=O)C(C)(C)C)ccc1Cl. The van der Waals surface area contributed by atoms with Gasteiger partial charge in [0.1, 0.15) is 11.0 Å². The van der Waals surface area contributed by atoms with Gasteiger partial charge in [0.25, 0.3) is 0 Å². The summed E-state index contributed by atoms with van der Waals surface area (Å²) in [5.74, 6) is 0. The summed E-state index contributed by atoms with van der Waals surface area (Å²) in [5.41, 5.74) is 1.91. The van der Waals surface area contributed by atoms with Gasteiger partial charge in [0.2, 0.25) is 0 Å². The van der Waals surface area contributed by atoms with E-state index in [-0.39, 0.29) is 4.75 Å². The lowest BCUT2D eigenvalue weighted by molar-refractivity contribution is 0.651. The first-order chi connectivity index (χ1) is 7.30. The van der Waals surface area contributed by atoms with Crippen LogP contribution in [0.3, 0.4) is 0 Å². The maximum atomic E-state index is 11.7. The van der Waals surface area contributed by atoms with Gasteiger partial charge in [-0.1, -0.05) is 17.7 Å². The highest BCUT2D eigenvalue weighted by molar-refractivity contribution is 7.85. The van der Waals surface area contributed by atoms with Crippen molar-refractivity contribution in [3.8, 4) is 0 Å². The van der Waals surface area contributed by atoms with Crippen molar-refractivity contribution >= 4 is 28.8 Å². The van der Waals surface area contributed by atoms with Gasteiger partial charge in [-0.15, -0.1) is 0 Å². The van der Waals surface area contributed by atoms with Crippen molar-refractivity contribution < 1.29 is 4.21 Å². The normalized spacial score (nSPS) is 14.3. The number of benzene rings is 1. The predicted molar refractivity (Wildman–Crippen MR) is 71.7 cm³/mol. The average molecular weight is 258 g/mol. The number of hydrogen-bond acceptors (Lipinski definition) is 1. The summed E-state index contributed by atoms with van der Waals surface area (Å²) in [7, 11) is -1.21. The highest BCUT2D eigenvalue weighted by Gasteiger charge is 2.17. The fraction of sp³-hybridized carbons (Fsp3) is 0.417. The first-order valence-electron chi connectivity index (χ1n) is 5.03. The number of halogens is 1. The molecule has 0 saturated heterocycles. The Bertz CT molecular complexity index is 435. The second-order valence-electron chi connectivity index (χ2n) is 4.60. The van der Waals surface area contributed by atoms with Crippen molar-refractivity contribution in [1.82, 2.24) is 0 Å². The van der Waals surface area contributed by atoms with Crippen LogP contribution in [0, 0.1) is 6.92 Å². The number of nitrogens with zero attached hydrogens (tertiary/aromatic N) is 1. The molecule has 0 aromatic heterocycles. The van der Waals surface area contributed by atoms with Crippen molar-refractivity contribution in [3.05, 3.63) is 34.3 Å². The first kappa shape index (κ1) is 13.4. The Morgan fingerprint density at radius 1 is 1.38 bits per heavy atom. The second-order valence-corrected chi connectivity index (χ2v) is 6.95. The van der Waals surface area contributed by atoms with Crippen LogP contribution in [-0.2, 0) is 11.0 Å². The van der Waals surface area contributed by atoms with Gasteiger partial charge in [-0.3, -0.25) is 0 Å². The molecule has 0 unspecified atom stereocenters. The molecule has 0 N–H and O–H groups in total. The quantitative estimate of drug-likeness (QED) is 0.746. The molecule has 0 spiro atoms. The van der Waals surface area contributed by atoms with Gasteiger partial charge >= 0.3 is 0 Å². The minimum Gasteiger partial charge on any atom is -0.234 e. The molecule has 0 saturated carbocycles. The Morgan fingerprint density at radius 3 is 2.50 bits per heavy atom. The summed E-state index contributed by atoms with van der Waals surface area (Å²) in [4.78, 5) is 0. The van der Waals surface area contributed by atoms with Crippen molar-refractivity contribution in [2.45, 2.75) is 32.4 Å². The highest BCUT2D eigenvalue weighted by atomic mass is 35.5. The van der Waals surface area contributed by atoms with Crippen LogP contribution in [0.5, 0.6) is 0 Å². The molecule has 1 atom stereocenters. The van der Waals surface area contributed by atoms with Crippen LogP contribution in [0.4, 0.5) is 0 Å². The van der Waals surface area contributed by atoms with Gasteiger partial charge in [-0.05, 0) is 51.0 Å². The van der Waals surface area contributed by atoms with Gasteiger partial charge < -0.3 is 0 Å². The molecule has 1 aromatic rings. The van der Waals surface area contributed by atoms with Crippen LogP contribution in [0.2, 0.25) is 5.02 Å². The molecule has 0 aliphatic rings. The summed E-state index contributed by atoms with van der Waals surface area (Å²) in [5, 5.41) is 0.731. The average Bonchev–Trinajstić information content (AvgIpc) is 2.18. The minimum atomic E-state index is -1.21. The van der Waals surface area contributed by atoms with Gasteiger partial charge in [0, 0.05) is 11.2 Å². The molecule has 88 valence electrons. The topological polar surface area (TPSA) is 29.4 Å². The molecular weight excluding hydrogens is 242 g/mol. The van der Waals surface area contributed by atoms with Crippen LogP contribution >= 0.6 is 11.6 Å². The summed E-state index contributed by atoms with van der Waals surface area (Å²) < 4.78 is 15.4. The maximum Gasteiger partial charge on any atom is 0.144 e. The molecule has 0 aliphatic carbocycles. The molecular formula is C12H16ClNOS. The van der Waals surface area contributed by atoms with E-state index in [1.54, 1.807) is 6.21 Å². The molecule has 4 heteroatoms. The Hall–Kier alpha value is -0.670. The fourth-order valence-electron chi connectivity index (χ4n) is 1.02. The van der Waals surface area contributed by atoms with E-state index in [4.69, 9.17) is 11.6 Å². The van der Waals surface area contributed by atoms with Crippen LogP contribution in [0.25, 0.3) is 0 Å². The monoisotopic (exact) mass is 257 g/mol. The standard InChI is InChI=1S/C12H16ClNOS/c1-9-7-10(5-6-11(9)13)8-14-16(15)12(2,3)4/h5-8H,1-4H3/b14-8+/t16-/m0/s1. The Morgan fingerprint density at radius 2 is 2.00 bits per heavy atom. The lowest BCUT2D eigenvalue weighted by atomic mass is 10.1. The van der Waals surface area contributed by atoms with Crippen LogP contribution in [-0.4, -0.2) is 15.2 Å². The third-order valence-corrected chi connectivity index (χ3v) is 3.77. The highest BCUT2D eigenvalue weighted by Crippen LogP contribution is 2.16. The lowest BCUT2D eigenvalue weighted by Gasteiger charge is -2.12. The summed E-state index contributed by atoms with van der Waals surface area (Å²) in [6.07, 6.45) is 1.63. The molecule has 2 nitrogen and oxygen atoms in total. The smallest absolute Gasteiger partial charge is 0.144 e. The molecule has 0 heterocycles.